The van der Waals surface area contributed by atoms with Crippen LogP contribution in [0.2, 0.25) is 5.79 Å². The maximum atomic E-state index is 5.82. The average molecular weight is 361 g/mol. The summed E-state index contributed by atoms with van der Waals surface area (Å²) >= 11 is 3.14. The predicted molar refractivity (Wildman–Crippen MR) is 102 cm³/mol. The number of benzene rings is 1. The Labute approximate surface area is 151 Å². The van der Waals surface area contributed by atoms with Gasteiger partial charge in [-0.3, -0.25) is 0 Å². The SMILES string of the molecule is [CH3][AlH][C]1=NN(c2nnc(C)s2)C(CCCN)(c2ccccc2)S1. The second-order valence-corrected chi connectivity index (χ2v) is 9.81. The third kappa shape index (κ3) is 3.32. The number of nitrogens with two attached hydrogens (primary N) is 1. The first kappa shape index (κ1) is 16.9. The van der Waals surface area contributed by atoms with Crippen molar-refractivity contribution >= 4 is 47.4 Å². The third-order valence-corrected chi connectivity index (χ3v) is 7.91. The van der Waals surface area contributed by atoms with E-state index in [1.165, 1.54) is 9.47 Å². The van der Waals surface area contributed by atoms with Crippen molar-refractivity contribution in [3.05, 3.63) is 40.9 Å². The lowest BCUT2D eigenvalue weighted by molar-refractivity contribution is 0.525. The van der Waals surface area contributed by atoms with Crippen LogP contribution in [0.25, 0.3) is 0 Å². The van der Waals surface area contributed by atoms with Crippen molar-refractivity contribution in [1.29, 1.82) is 0 Å². The largest absolute Gasteiger partial charge is 0.330 e. The molecule has 23 heavy (non-hydrogen) atoms. The maximum Gasteiger partial charge on any atom is 0.324 e. The van der Waals surface area contributed by atoms with Crippen LogP contribution >= 0.6 is 23.1 Å². The molecule has 1 atom stereocenters. The molecule has 0 spiro atoms. The Morgan fingerprint density at radius 1 is 1.26 bits per heavy atom. The van der Waals surface area contributed by atoms with Gasteiger partial charge in [0.2, 0.25) is 5.13 Å². The summed E-state index contributed by atoms with van der Waals surface area (Å²) in [6.45, 7) is 2.66. The molecule has 8 heteroatoms. The number of aromatic nitrogens is 2. The highest BCUT2D eigenvalue weighted by molar-refractivity contribution is 8.18. The number of hydrazone groups is 1. The van der Waals surface area contributed by atoms with Gasteiger partial charge in [0.25, 0.3) is 0 Å². The summed E-state index contributed by atoms with van der Waals surface area (Å²) in [6.07, 6.45) is 1.89. The molecule has 1 unspecified atom stereocenters. The highest BCUT2D eigenvalue weighted by Gasteiger charge is 2.46. The Morgan fingerprint density at radius 3 is 2.65 bits per heavy atom. The van der Waals surface area contributed by atoms with Crippen LogP contribution in [-0.4, -0.2) is 35.9 Å². The normalized spacial score (nSPS) is 20.7. The summed E-state index contributed by atoms with van der Waals surface area (Å²) in [5.74, 6) is 2.28. The first-order chi connectivity index (χ1) is 11.2. The molecule has 0 radical (unpaired) electrons. The topological polar surface area (TPSA) is 67.4 Å². The molecule has 2 heterocycles. The molecule has 1 aliphatic rings. The molecule has 0 aliphatic carbocycles. The van der Waals surface area contributed by atoms with Crippen LogP contribution in [-0.2, 0) is 4.87 Å². The molecule has 2 N–H and O–H groups in total. The van der Waals surface area contributed by atoms with Gasteiger partial charge in [0, 0.05) is 3.91 Å². The molecule has 0 bridgehead atoms. The van der Waals surface area contributed by atoms with E-state index in [0.717, 1.165) is 23.0 Å². The zero-order chi connectivity index (χ0) is 16.3. The smallest absolute Gasteiger partial charge is 0.324 e. The van der Waals surface area contributed by atoms with E-state index >= 15 is 0 Å². The van der Waals surface area contributed by atoms with Crippen LogP contribution in [0.15, 0.2) is 35.4 Å². The molecule has 0 saturated carbocycles. The first-order valence-electron chi connectivity index (χ1n) is 7.82. The second-order valence-electron chi connectivity index (χ2n) is 5.41. The van der Waals surface area contributed by atoms with E-state index in [2.05, 4.69) is 51.3 Å². The van der Waals surface area contributed by atoms with Gasteiger partial charge >= 0.3 is 15.2 Å². The number of aryl methyl sites for hydroxylation is 1. The third-order valence-electron chi connectivity index (χ3n) is 3.78. The van der Waals surface area contributed by atoms with Crippen LogP contribution in [0.4, 0.5) is 5.13 Å². The van der Waals surface area contributed by atoms with E-state index in [1.807, 2.05) is 18.7 Å². The number of thioether (sulfide) groups is 1. The Bertz CT molecular complexity index is 690. The van der Waals surface area contributed by atoms with Gasteiger partial charge in [-0.1, -0.05) is 53.4 Å². The fourth-order valence-electron chi connectivity index (χ4n) is 2.69. The number of anilines is 1. The summed E-state index contributed by atoms with van der Waals surface area (Å²) in [7, 11) is 0. The molecule has 3 rings (SSSR count). The van der Waals surface area contributed by atoms with Crippen molar-refractivity contribution < 1.29 is 0 Å². The summed E-state index contributed by atoms with van der Waals surface area (Å²) in [4.78, 5) is -0.245. The molecule has 2 aromatic rings. The molecule has 1 aromatic carbocycles. The second kappa shape index (κ2) is 7.33. The van der Waals surface area contributed by atoms with Crippen molar-refractivity contribution in [1.82, 2.24) is 10.2 Å². The molecular formula is C15H20AlN5S2. The number of nitrogens with zero attached hydrogens (tertiary/aromatic N) is 4. The lowest BCUT2D eigenvalue weighted by Crippen LogP contribution is -2.38. The molecule has 0 amide bonds. The van der Waals surface area contributed by atoms with Gasteiger partial charge in [0.05, 0.1) is 0 Å². The van der Waals surface area contributed by atoms with Gasteiger partial charge in [-0.2, -0.15) is 5.10 Å². The fraction of sp³-hybridized carbons (Fsp3) is 0.400. The van der Waals surface area contributed by atoms with E-state index in [0.29, 0.717) is 6.54 Å². The van der Waals surface area contributed by atoms with Crippen LogP contribution in [0, 0.1) is 6.92 Å². The van der Waals surface area contributed by atoms with Crippen molar-refractivity contribution in [3.63, 3.8) is 0 Å². The van der Waals surface area contributed by atoms with Gasteiger partial charge in [-0.15, -0.1) is 16.0 Å². The lowest BCUT2D eigenvalue weighted by Gasteiger charge is -2.35. The van der Waals surface area contributed by atoms with Crippen molar-refractivity contribution in [2.45, 2.75) is 30.4 Å². The quantitative estimate of drug-likeness (QED) is 0.802. The van der Waals surface area contributed by atoms with Crippen molar-refractivity contribution in [2.75, 3.05) is 11.6 Å². The van der Waals surface area contributed by atoms with Crippen LogP contribution in [0.1, 0.15) is 23.4 Å². The zero-order valence-corrected chi connectivity index (χ0v) is 16.4. The van der Waals surface area contributed by atoms with E-state index in [-0.39, 0.29) is 20.1 Å². The highest BCUT2D eigenvalue weighted by atomic mass is 32.2. The Morgan fingerprint density at radius 2 is 2.04 bits per heavy atom. The predicted octanol–water partition coefficient (Wildman–Crippen LogP) is 2.75. The van der Waals surface area contributed by atoms with E-state index in [9.17, 15) is 0 Å². The Hall–Kier alpha value is -0.908. The summed E-state index contributed by atoms with van der Waals surface area (Å²) in [5.41, 5.74) is 7.07. The monoisotopic (exact) mass is 361 g/mol. The minimum absolute atomic E-state index is 0.245. The standard InChI is InChI=1S/C14H16N5S2.CH3.Al.H/c1-11-17-18-13(21-11)19-14(8-5-9-15,20-10-16-19)12-6-3-2-4-7-12;;;/h2-4,6-7H,5,8-9,15H2,1H3;1H3;;. The number of rotatable bonds is 6. The van der Waals surface area contributed by atoms with Crippen LogP contribution in [0.5, 0.6) is 0 Å². The summed E-state index contributed by atoms with van der Waals surface area (Å²) < 4.78 is 1.26. The summed E-state index contributed by atoms with van der Waals surface area (Å²) in [6, 6.07) is 10.6. The zero-order valence-electron chi connectivity index (χ0n) is 13.4. The van der Waals surface area contributed by atoms with Crippen LogP contribution < -0.4 is 10.7 Å². The van der Waals surface area contributed by atoms with Gasteiger partial charge in [-0.25, -0.2) is 5.01 Å². The van der Waals surface area contributed by atoms with Gasteiger partial charge < -0.3 is 5.73 Å². The van der Waals surface area contributed by atoms with Crippen molar-refractivity contribution in [3.8, 4) is 0 Å². The molecule has 1 aliphatic heterocycles. The number of hydrogen-bond acceptors (Lipinski definition) is 7. The van der Waals surface area contributed by atoms with Crippen molar-refractivity contribution in [2.24, 2.45) is 10.8 Å². The van der Waals surface area contributed by atoms with Gasteiger partial charge in [-0.05, 0) is 31.9 Å². The molecule has 0 fully saturated rings. The molecule has 5 nitrogen and oxygen atoms in total. The minimum atomic E-state index is -0.340. The van der Waals surface area contributed by atoms with E-state index in [1.54, 1.807) is 11.3 Å². The molecule has 1 aromatic heterocycles. The average Bonchev–Trinajstić information content (AvgIpc) is 3.18. The van der Waals surface area contributed by atoms with E-state index in [4.69, 9.17) is 10.8 Å². The molecule has 0 saturated heterocycles. The van der Waals surface area contributed by atoms with E-state index < -0.39 is 0 Å². The summed E-state index contributed by atoms with van der Waals surface area (Å²) in [5, 5.41) is 17.4. The lowest BCUT2D eigenvalue weighted by atomic mass is 10.0. The first-order valence-corrected chi connectivity index (χ1v) is 11.6. The number of hydrogen-bond donors (Lipinski definition) is 1. The minimum Gasteiger partial charge on any atom is -0.330 e. The van der Waals surface area contributed by atoms with Gasteiger partial charge in [0.1, 0.15) is 9.88 Å². The fourth-order valence-corrected chi connectivity index (χ4v) is 6.26. The van der Waals surface area contributed by atoms with Crippen LogP contribution in [0.3, 0.4) is 0 Å². The Kier molecular flexibility index (Phi) is 5.39. The molecular weight excluding hydrogens is 341 g/mol. The Balaban J connectivity index is 2.08. The van der Waals surface area contributed by atoms with Gasteiger partial charge in [0.15, 0.2) is 0 Å². The molecule has 120 valence electrons. The highest BCUT2D eigenvalue weighted by Crippen LogP contribution is 2.51. The maximum absolute atomic E-state index is 5.82.